The summed E-state index contributed by atoms with van der Waals surface area (Å²) in [5.74, 6) is -0.308. The molecule has 0 spiro atoms. The molecule has 17 heavy (non-hydrogen) atoms. The van der Waals surface area contributed by atoms with Crippen LogP contribution in [0.15, 0.2) is 24.3 Å². The average molecular weight is 233 g/mol. The monoisotopic (exact) mass is 233 g/mol. The number of aliphatic hydroxyl groups is 1. The van der Waals surface area contributed by atoms with Gasteiger partial charge in [0.15, 0.2) is 0 Å². The highest BCUT2D eigenvalue weighted by Gasteiger charge is 2.17. The van der Waals surface area contributed by atoms with Gasteiger partial charge in [-0.25, -0.2) is 4.39 Å². The molecule has 0 amide bonds. The molecule has 1 aromatic carbocycles. The normalized spacial score (nSPS) is 12.1. The van der Waals surface area contributed by atoms with E-state index in [0.717, 1.165) is 16.8 Å². The van der Waals surface area contributed by atoms with Crippen LogP contribution in [0.2, 0.25) is 0 Å². The number of aliphatic hydroxyl groups excluding tert-OH is 1. The molecular weight excluding hydrogens is 217 g/mol. The highest BCUT2D eigenvalue weighted by atomic mass is 19.1. The molecule has 0 aliphatic rings. The Morgan fingerprint density at radius 3 is 2.53 bits per heavy atom. The number of benzene rings is 1. The van der Waals surface area contributed by atoms with E-state index in [1.54, 1.807) is 6.07 Å². The highest BCUT2D eigenvalue weighted by Crippen LogP contribution is 2.26. The van der Waals surface area contributed by atoms with Crippen LogP contribution in [0, 0.1) is 5.82 Å². The summed E-state index contributed by atoms with van der Waals surface area (Å²) in [6, 6.07) is 6.31. The maximum atomic E-state index is 13.2. The maximum Gasteiger partial charge on any atom is 0.123 e. The van der Waals surface area contributed by atoms with Crippen LogP contribution in [0.1, 0.15) is 32.0 Å². The van der Waals surface area contributed by atoms with E-state index in [1.807, 2.05) is 6.07 Å². The molecular formula is C14H16FNO. The third-order valence-electron chi connectivity index (χ3n) is 2.80. The van der Waals surface area contributed by atoms with Crippen molar-refractivity contribution >= 4 is 10.9 Å². The van der Waals surface area contributed by atoms with Crippen LogP contribution in [0.4, 0.5) is 4.39 Å². The lowest BCUT2D eigenvalue weighted by molar-refractivity contribution is 0.283. The predicted octanol–water partition coefficient (Wildman–Crippen LogP) is 3.16. The highest BCUT2D eigenvalue weighted by molar-refractivity contribution is 5.82. The number of hydrogen-bond donors (Lipinski definition) is 1. The summed E-state index contributed by atoms with van der Waals surface area (Å²) in [5.41, 5.74) is 2.26. The zero-order valence-corrected chi connectivity index (χ0v) is 10.3. The number of rotatable bonds is 1. The number of pyridine rings is 1. The number of nitrogens with zero attached hydrogens (tertiary/aromatic N) is 1. The van der Waals surface area contributed by atoms with Crippen molar-refractivity contribution in [1.82, 2.24) is 4.98 Å². The quantitative estimate of drug-likeness (QED) is 0.820. The molecule has 0 atom stereocenters. The molecule has 0 unspecified atom stereocenters. The van der Waals surface area contributed by atoms with E-state index in [0.29, 0.717) is 5.39 Å². The van der Waals surface area contributed by atoms with E-state index in [1.165, 1.54) is 12.1 Å². The number of hydrogen-bond acceptors (Lipinski definition) is 2. The van der Waals surface area contributed by atoms with E-state index < -0.39 is 0 Å². The molecule has 90 valence electrons. The first-order chi connectivity index (χ1) is 7.91. The number of halogens is 1. The molecule has 2 aromatic rings. The molecule has 3 heteroatoms. The van der Waals surface area contributed by atoms with E-state index >= 15 is 0 Å². The molecule has 2 nitrogen and oxygen atoms in total. The Labute approximate surface area is 100 Å². The van der Waals surface area contributed by atoms with Crippen LogP contribution in [0.5, 0.6) is 0 Å². The average Bonchev–Trinajstić information content (AvgIpc) is 2.26. The molecule has 0 aliphatic carbocycles. The summed E-state index contributed by atoms with van der Waals surface area (Å²) in [6.07, 6.45) is 0. The first-order valence-corrected chi connectivity index (χ1v) is 5.62. The van der Waals surface area contributed by atoms with Gasteiger partial charge >= 0.3 is 0 Å². The Morgan fingerprint density at radius 2 is 1.94 bits per heavy atom. The van der Waals surface area contributed by atoms with Gasteiger partial charge in [-0.05, 0) is 29.8 Å². The van der Waals surface area contributed by atoms with Crippen molar-refractivity contribution in [2.24, 2.45) is 0 Å². The van der Waals surface area contributed by atoms with Crippen molar-refractivity contribution in [3.63, 3.8) is 0 Å². The fraction of sp³-hybridized carbons (Fsp3) is 0.357. The lowest BCUT2D eigenvalue weighted by Gasteiger charge is -2.19. The van der Waals surface area contributed by atoms with Crippen molar-refractivity contribution < 1.29 is 9.50 Å². The second-order valence-corrected chi connectivity index (χ2v) is 5.24. The van der Waals surface area contributed by atoms with E-state index in [9.17, 15) is 9.50 Å². The largest absolute Gasteiger partial charge is 0.392 e. The molecule has 1 aromatic heterocycles. The lowest BCUT2D eigenvalue weighted by Crippen LogP contribution is -2.14. The zero-order chi connectivity index (χ0) is 12.6. The summed E-state index contributed by atoms with van der Waals surface area (Å²) < 4.78 is 13.2. The van der Waals surface area contributed by atoms with Crippen LogP contribution in [0.25, 0.3) is 10.9 Å². The fourth-order valence-corrected chi connectivity index (χ4v) is 1.78. The van der Waals surface area contributed by atoms with Crippen molar-refractivity contribution in [2.45, 2.75) is 32.8 Å². The summed E-state index contributed by atoms with van der Waals surface area (Å²) in [5, 5.41) is 10.0. The molecule has 0 aliphatic heterocycles. The Hall–Kier alpha value is -1.48. The van der Waals surface area contributed by atoms with Crippen molar-refractivity contribution in [1.29, 1.82) is 0 Å². The standard InChI is InChI=1S/C14H16FNO/c1-14(2,3)13-6-9(8-17)11-7-10(15)4-5-12(11)16-13/h4-7,17H,8H2,1-3H3. The first kappa shape index (κ1) is 12.0. The van der Waals surface area contributed by atoms with Crippen molar-refractivity contribution in [2.75, 3.05) is 0 Å². The Kier molecular flexibility index (Phi) is 2.87. The van der Waals surface area contributed by atoms with Crippen LogP contribution in [-0.2, 0) is 12.0 Å². The molecule has 2 rings (SSSR count). The van der Waals surface area contributed by atoms with Crippen LogP contribution in [-0.4, -0.2) is 10.1 Å². The fourth-order valence-electron chi connectivity index (χ4n) is 1.78. The van der Waals surface area contributed by atoms with Gasteiger partial charge in [-0.15, -0.1) is 0 Å². The minimum atomic E-state index is -0.308. The molecule has 1 heterocycles. The van der Waals surface area contributed by atoms with Gasteiger partial charge in [0.25, 0.3) is 0 Å². The SMILES string of the molecule is CC(C)(C)c1cc(CO)c2cc(F)ccc2n1. The van der Waals surface area contributed by atoms with E-state index in [-0.39, 0.29) is 17.8 Å². The van der Waals surface area contributed by atoms with Gasteiger partial charge in [-0.3, -0.25) is 4.98 Å². The van der Waals surface area contributed by atoms with Gasteiger partial charge in [0.1, 0.15) is 5.82 Å². The molecule has 1 N–H and O–H groups in total. The Bertz CT molecular complexity index is 558. The summed E-state index contributed by atoms with van der Waals surface area (Å²) >= 11 is 0. The minimum absolute atomic E-state index is 0.0908. The van der Waals surface area contributed by atoms with Crippen LogP contribution >= 0.6 is 0 Å². The van der Waals surface area contributed by atoms with E-state index in [2.05, 4.69) is 25.8 Å². The van der Waals surface area contributed by atoms with Gasteiger partial charge < -0.3 is 5.11 Å². The predicted molar refractivity (Wildman–Crippen MR) is 66.3 cm³/mol. The zero-order valence-electron chi connectivity index (χ0n) is 10.3. The second kappa shape index (κ2) is 4.08. The van der Waals surface area contributed by atoms with Crippen LogP contribution < -0.4 is 0 Å². The lowest BCUT2D eigenvalue weighted by atomic mass is 9.90. The van der Waals surface area contributed by atoms with Gasteiger partial charge in [-0.1, -0.05) is 20.8 Å². The Balaban J connectivity index is 2.75. The second-order valence-electron chi connectivity index (χ2n) is 5.24. The van der Waals surface area contributed by atoms with E-state index in [4.69, 9.17) is 0 Å². The topological polar surface area (TPSA) is 33.1 Å². The molecule has 0 saturated heterocycles. The van der Waals surface area contributed by atoms with Crippen LogP contribution in [0.3, 0.4) is 0 Å². The summed E-state index contributed by atoms with van der Waals surface area (Å²) in [7, 11) is 0. The van der Waals surface area contributed by atoms with Gasteiger partial charge in [0.05, 0.1) is 12.1 Å². The van der Waals surface area contributed by atoms with Gasteiger partial charge in [0.2, 0.25) is 0 Å². The molecule has 0 fully saturated rings. The maximum absolute atomic E-state index is 13.2. The molecule has 0 radical (unpaired) electrons. The minimum Gasteiger partial charge on any atom is -0.392 e. The number of aromatic nitrogens is 1. The smallest absolute Gasteiger partial charge is 0.123 e. The van der Waals surface area contributed by atoms with Gasteiger partial charge in [-0.2, -0.15) is 0 Å². The molecule has 0 saturated carbocycles. The van der Waals surface area contributed by atoms with Crippen molar-refractivity contribution in [3.8, 4) is 0 Å². The summed E-state index contributed by atoms with van der Waals surface area (Å²) in [6.45, 7) is 6.08. The Morgan fingerprint density at radius 1 is 1.24 bits per heavy atom. The number of fused-ring (bicyclic) bond motifs is 1. The van der Waals surface area contributed by atoms with Crippen molar-refractivity contribution in [3.05, 3.63) is 41.3 Å². The van der Waals surface area contributed by atoms with Gasteiger partial charge in [0, 0.05) is 16.5 Å². The summed E-state index contributed by atoms with van der Waals surface area (Å²) in [4.78, 5) is 4.52. The third-order valence-corrected chi connectivity index (χ3v) is 2.80. The molecule has 0 bridgehead atoms. The first-order valence-electron chi connectivity index (χ1n) is 5.62. The third kappa shape index (κ3) is 2.29.